The molecule has 0 aliphatic carbocycles. The van der Waals surface area contributed by atoms with Crippen molar-refractivity contribution >= 4 is 41.6 Å². The summed E-state index contributed by atoms with van der Waals surface area (Å²) < 4.78 is 5.11. The van der Waals surface area contributed by atoms with Crippen LogP contribution < -0.4 is 5.32 Å². The standard InChI is InChI=1S/C11H12Cl2N2O3.ClH/c12-9-1-6(2-10(13)15-9)5-18-11(17)8-3-7(16)4-14-8;/h1-2,7-8,14,16H,3-5H2;1H/t7-,8-;/m0./s1. The van der Waals surface area contributed by atoms with Crippen molar-refractivity contribution < 1.29 is 14.6 Å². The Hall–Kier alpha value is -0.590. The van der Waals surface area contributed by atoms with Gasteiger partial charge in [-0.25, -0.2) is 4.98 Å². The minimum absolute atomic E-state index is 0. The number of nitrogens with zero attached hydrogens (tertiary/aromatic N) is 1. The fourth-order valence-electron chi connectivity index (χ4n) is 1.75. The molecule has 19 heavy (non-hydrogen) atoms. The third kappa shape index (κ3) is 4.78. The quantitative estimate of drug-likeness (QED) is 0.651. The maximum absolute atomic E-state index is 11.7. The van der Waals surface area contributed by atoms with Crippen molar-refractivity contribution in [1.29, 1.82) is 0 Å². The summed E-state index contributed by atoms with van der Waals surface area (Å²) >= 11 is 11.5. The first-order valence-electron chi connectivity index (χ1n) is 5.44. The molecular weight excluding hydrogens is 314 g/mol. The maximum Gasteiger partial charge on any atom is 0.323 e. The van der Waals surface area contributed by atoms with Crippen molar-refractivity contribution in [3.8, 4) is 0 Å². The Morgan fingerprint density at radius 2 is 2.11 bits per heavy atom. The molecule has 0 spiro atoms. The zero-order chi connectivity index (χ0) is 13.1. The van der Waals surface area contributed by atoms with Gasteiger partial charge >= 0.3 is 5.97 Å². The third-order valence-corrected chi connectivity index (χ3v) is 2.98. The molecule has 0 saturated carbocycles. The zero-order valence-electron chi connectivity index (χ0n) is 9.81. The molecule has 2 atom stereocenters. The van der Waals surface area contributed by atoms with E-state index in [2.05, 4.69) is 10.3 Å². The molecule has 2 heterocycles. The van der Waals surface area contributed by atoms with Crippen LogP contribution in [-0.4, -0.2) is 34.8 Å². The molecule has 1 aromatic rings. The van der Waals surface area contributed by atoms with Crippen LogP contribution in [0.15, 0.2) is 12.1 Å². The van der Waals surface area contributed by atoms with Gasteiger partial charge in [0.1, 0.15) is 23.0 Å². The molecule has 0 radical (unpaired) electrons. The van der Waals surface area contributed by atoms with Crippen LogP contribution in [0.5, 0.6) is 0 Å². The molecule has 5 nitrogen and oxygen atoms in total. The van der Waals surface area contributed by atoms with Crippen molar-refractivity contribution in [1.82, 2.24) is 10.3 Å². The van der Waals surface area contributed by atoms with Gasteiger partial charge in [-0.2, -0.15) is 0 Å². The molecule has 0 amide bonds. The molecule has 1 aliphatic heterocycles. The van der Waals surface area contributed by atoms with E-state index in [0.717, 1.165) is 0 Å². The highest BCUT2D eigenvalue weighted by molar-refractivity contribution is 6.32. The van der Waals surface area contributed by atoms with E-state index in [9.17, 15) is 9.90 Å². The van der Waals surface area contributed by atoms with Crippen molar-refractivity contribution in [2.75, 3.05) is 6.54 Å². The molecule has 2 N–H and O–H groups in total. The lowest BCUT2D eigenvalue weighted by Crippen LogP contribution is -2.32. The van der Waals surface area contributed by atoms with Gasteiger partial charge < -0.3 is 15.2 Å². The Labute approximate surface area is 126 Å². The lowest BCUT2D eigenvalue weighted by Gasteiger charge is -2.10. The number of hydrogen-bond donors (Lipinski definition) is 2. The minimum Gasteiger partial charge on any atom is -0.460 e. The summed E-state index contributed by atoms with van der Waals surface area (Å²) in [4.78, 5) is 15.5. The highest BCUT2D eigenvalue weighted by atomic mass is 35.5. The minimum atomic E-state index is -0.493. The third-order valence-electron chi connectivity index (χ3n) is 2.60. The number of esters is 1. The van der Waals surface area contributed by atoms with E-state index < -0.39 is 18.1 Å². The summed E-state index contributed by atoms with van der Waals surface area (Å²) in [6.07, 6.45) is -0.121. The number of β-amino-alcohol motifs (C(OH)–C–C–N with tert-alkyl or cyclic N) is 1. The number of halogens is 3. The number of pyridine rings is 1. The highest BCUT2D eigenvalue weighted by Crippen LogP contribution is 2.16. The summed E-state index contributed by atoms with van der Waals surface area (Å²) in [5.41, 5.74) is 0.673. The van der Waals surface area contributed by atoms with E-state index in [-0.39, 0.29) is 29.3 Å². The molecule has 0 unspecified atom stereocenters. The Bertz CT molecular complexity index is 439. The molecule has 0 aromatic carbocycles. The van der Waals surface area contributed by atoms with Crippen LogP contribution in [-0.2, 0) is 16.1 Å². The molecule has 8 heteroatoms. The Balaban J connectivity index is 0.00000180. The SMILES string of the molecule is Cl.O=C(OCc1cc(Cl)nc(Cl)c1)[C@@H]1C[C@H](O)CN1. The van der Waals surface area contributed by atoms with E-state index in [0.29, 0.717) is 18.5 Å². The Kier molecular flexibility index (Phi) is 6.29. The molecular formula is C11H13Cl3N2O3. The molecule has 1 aromatic heterocycles. The number of rotatable bonds is 3. The van der Waals surface area contributed by atoms with Gasteiger partial charge in [0.15, 0.2) is 0 Å². The van der Waals surface area contributed by atoms with E-state index >= 15 is 0 Å². The van der Waals surface area contributed by atoms with Crippen molar-refractivity contribution in [2.45, 2.75) is 25.2 Å². The second-order valence-electron chi connectivity index (χ2n) is 4.08. The average Bonchev–Trinajstić information content (AvgIpc) is 2.71. The monoisotopic (exact) mass is 326 g/mol. The van der Waals surface area contributed by atoms with Gasteiger partial charge in [-0.3, -0.25) is 4.79 Å². The Morgan fingerprint density at radius 3 is 2.63 bits per heavy atom. The van der Waals surface area contributed by atoms with Gasteiger partial charge in [0.05, 0.1) is 6.10 Å². The lowest BCUT2D eigenvalue weighted by atomic mass is 10.2. The molecule has 1 saturated heterocycles. The molecule has 0 bridgehead atoms. The summed E-state index contributed by atoms with van der Waals surface area (Å²) in [6, 6.07) is 2.71. The summed E-state index contributed by atoms with van der Waals surface area (Å²) in [7, 11) is 0. The van der Waals surface area contributed by atoms with E-state index in [1.165, 1.54) is 0 Å². The molecule has 1 aliphatic rings. The van der Waals surface area contributed by atoms with Crippen LogP contribution in [0.3, 0.4) is 0 Å². The Morgan fingerprint density at radius 1 is 1.47 bits per heavy atom. The fourth-order valence-corrected chi connectivity index (χ4v) is 2.25. The van der Waals surface area contributed by atoms with Crippen LogP contribution in [0.25, 0.3) is 0 Å². The molecule has 1 fully saturated rings. The number of nitrogens with one attached hydrogen (secondary N) is 1. The van der Waals surface area contributed by atoms with Crippen molar-refractivity contribution in [2.24, 2.45) is 0 Å². The van der Waals surface area contributed by atoms with E-state index in [1.54, 1.807) is 12.1 Å². The van der Waals surface area contributed by atoms with Crippen molar-refractivity contribution in [3.05, 3.63) is 28.0 Å². The first-order valence-corrected chi connectivity index (χ1v) is 6.20. The largest absolute Gasteiger partial charge is 0.460 e. The summed E-state index contributed by atoms with van der Waals surface area (Å²) in [5, 5.41) is 12.7. The van der Waals surface area contributed by atoms with Crippen LogP contribution in [0, 0.1) is 0 Å². The number of carbonyl (C=O) groups is 1. The van der Waals surface area contributed by atoms with Gasteiger partial charge in [0.25, 0.3) is 0 Å². The fraction of sp³-hybridized carbons (Fsp3) is 0.455. The predicted molar refractivity (Wildman–Crippen MR) is 73.7 cm³/mol. The molecule has 106 valence electrons. The van der Waals surface area contributed by atoms with Crippen LogP contribution >= 0.6 is 35.6 Å². The number of carbonyl (C=O) groups excluding carboxylic acids is 1. The first kappa shape index (κ1) is 16.5. The maximum atomic E-state index is 11.7. The van der Waals surface area contributed by atoms with Crippen molar-refractivity contribution in [3.63, 3.8) is 0 Å². The van der Waals surface area contributed by atoms with Gasteiger partial charge in [0, 0.05) is 13.0 Å². The summed E-state index contributed by atoms with van der Waals surface area (Å²) in [6.45, 7) is 0.488. The summed E-state index contributed by atoms with van der Waals surface area (Å²) in [5.74, 6) is -0.393. The predicted octanol–water partition coefficient (Wildman–Crippen LogP) is 1.58. The van der Waals surface area contributed by atoms with Crippen LogP contribution in [0.4, 0.5) is 0 Å². The number of aliphatic hydroxyl groups is 1. The smallest absolute Gasteiger partial charge is 0.323 e. The second kappa shape index (κ2) is 7.26. The van der Waals surface area contributed by atoms with E-state index in [4.69, 9.17) is 27.9 Å². The van der Waals surface area contributed by atoms with Gasteiger partial charge in [0.2, 0.25) is 0 Å². The number of aliphatic hydroxyl groups excluding tert-OH is 1. The normalized spacial score (nSPS) is 21.8. The van der Waals surface area contributed by atoms with Gasteiger partial charge in [-0.1, -0.05) is 23.2 Å². The van der Waals surface area contributed by atoms with E-state index in [1.807, 2.05) is 0 Å². The number of ether oxygens (including phenoxy) is 1. The lowest BCUT2D eigenvalue weighted by molar-refractivity contribution is -0.147. The van der Waals surface area contributed by atoms with Crippen LogP contribution in [0.2, 0.25) is 10.3 Å². The van der Waals surface area contributed by atoms with Gasteiger partial charge in [-0.05, 0) is 17.7 Å². The van der Waals surface area contributed by atoms with Crippen LogP contribution in [0.1, 0.15) is 12.0 Å². The topological polar surface area (TPSA) is 71.5 Å². The second-order valence-corrected chi connectivity index (χ2v) is 4.85. The van der Waals surface area contributed by atoms with Gasteiger partial charge in [-0.15, -0.1) is 12.4 Å². The first-order chi connectivity index (χ1) is 8.54. The zero-order valence-corrected chi connectivity index (χ0v) is 12.1. The number of aromatic nitrogens is 1. The average molecular weight is 328 g/mol. The highest BCUT2D eigenvalue weighted by Gasteiger charge is 2.29. The molecule has 2 rings (SSSR count). The number of hydrogen-bond acceptors (Lipinski definition) is 5.